The molecule has 0 aliphatic carbocycles. The van der Waals surface area contributed by atoms with Gasteiger partial charge in [0.1, 0.15) is 5.82 Å². The standard InChI is InChI=1S/C21H27FN6O2/c1-2-26(15-19(29)25-14-17-4-6-18(22)7-5-17)16-20(30)27-10-12-28(13-11-27)21-23-8-3-9-24-21/h3-9H,2,10-16H2,1H3,(H,25,29). The van der Waals surface area contributed by atoms with Crippen molar-refractivity contribution in [2.75, 3.05) is 50.7 Å². The van der Waals surface area contributed by atoms with Gasteiger partial charge in [-0.15, -0.1) is 0 Å². The normalized spacial score (nSPS) is 14.1. The zero-order valence-corrected chi connectivity index (χ0v) is 17.1. The summed E-state index contributed by atoms with van der Waals surface area (Å²) in [5.74, 6) is 0.215. The number of nitrogens with zero attached hydrogens (tertiary/aromatic N) is 5. The number of halogens is 1. The van der Waals surface area contributed by atoms with Gasteiger partial charge in [-0.25, -0.2) is 14.4 Å². The molecule has 9 heteroatoms. The molecule has 1 fully saturated rings. The van der Waals surface area contributed by atoms with E-state index in [4.69, 9.17) is 0 Å². The average Bonchev–Trinajstić information content (AvgIpc) is 2.79. The first kappa shape index (κ1) is 21.6. The van der Waals surface area contributed by atoms with Crippen molar-refractivity contribution in [2.24, 2.45) is 0 Å². The summed E-state index contributed by atoms with van der Waals surface area (Å²) in [7, 11) is 0. The Morgan fingerprint density at radius 1 is 1.07 bits per heavy atom. The summed E-state index contributed by atoms with van der Waals surface area (Å²) in [6.07, 6.45) is 3.42. The Kier molecular flexibility index (Phi) is 7.67. The van der Waals surface area contributed by atoms with Crippen LogP contribution in [0.25, 0.3) is 0 Å². The maximum atomic E-state index is 12.9. The van der Waals surface area contributed by atoms with Crippen LogP contribution in [-0.4, -0.2) is 77.4 Å². The van der Waals surface area contributed by atoms with Crippen LogP contribution in [-0.2, 0) is 16.1 Å². The lowest BCUT2D eigenvalue weighted by molar-refractivity contribution is -0.133. The van der Waals surface area contributed by atoms with E-state index in [9.17, 15) is 14.0 Å². The number of hydrogen-bond donors (Lipinski definition) is 1. The van der Waals surface area contributed by atoms with Gasteiger partial charge in [0, 0.05) is 45.1 Å². The summed E-state index contributed by atoms with van der Waals surface area (Å²) in [5.41, 5.74) is 0.823. The smallest absolute Gasteiger partial charge is 0.236 e. The second-order valence-corrected chi connectivity index (χ2v) is 7.12. The number of rotatable bonds is 8. The van der Waals surface area contributed by atoms with Gasteiger partial charge in [-0.2, -0.15) is 0 Å². The van der Waals surface area contributed by atoms with Gasteiger partial charge in [-0.3, -0.25) is 14.5 Å². The third kappa shape index (κ3) is 6.21. The van der Waals surface area contributed by atoms with E-state index in [2.05, 4.69) is 20.2 Å². The molecule has 1 aromatic heterocycles. The van der Waals surface area contributed by atoms with Gasteiger partial charge in [0.25, 0.3) is 0 Å². The highest BCUT2D eigenvalue weighted by atomic mass is 19.1. The molecule has 8 nitrogen and oxygen atoms in total. The molecule has 0 radical (unpaired) electrons. The van der Waals surface area contributed by atoms with E-state index in [0.29, 0.717) is 45.2 Å². The quantitative estimate of drug-likeness (QED) is 0.691. The molecule has 0 atom stereocenters. The lowest BCUT2D eigenvalue weighted by atomic mass is 10.2. The molecule has 3 rings (SSSR count). The Labute approximate surface area is 175 Å². The summed E-state index contributed by atoms with van der Waals surface area (Å²) >= 11 is 0. The topological polar surface area (TPSA) is 81.7 Å². The van der Waals surface area contributed by atoms with Crippen LogP contribution in [0.1, 0.15) is 12.5 Å². The maximum absolute atomic E-state index is 12.9. The molecule has 1 N–H and O–H groups in total. The number of carbonyl (C=O) groups excluding carboxylic acids is 2. The van der Waals surface area contributed by atoms with Crippen LogP contribution in [0.4, 0.5) is 10.3 Å². The van der Waals surface area contributed by atoms with Crippen LogP contribution in [0.3, 0.4) is 0 Å². The molecule has 1 aliphatic heterocycles. The van der Waals surface area contributed by atoms with E-state index in [-0.39, 0.29) is 30.7 Å². The number of piperazine rings is 1. The van der Waals surface area contributed by atoms with Crippen molar-refractivity contribution >= 4 is 17.8 Å². The minimum absolute atomic E-state index is 0.0109. The highest BCUT2D eigenvalue weighted by Gasteiger charge is 2.24. The van der Waals surface area contributed by atoms with E-state index in [1.807, 2.05) is 16.7 Å². The second kappa shape index (κ2) is 10.6. The minimum atomic E-state index is -0.308. The Bertz CT molecular complexity index is 825. The lowest BCUT2D eigenvalue weighted by Crippen LogP contribution is -2.52. The zero-order valence-electron chi connectivity index (χ0n) is 17.1. The molecule has 0 unspecified atom stereocenters. The van der Waals surface area contributed by atoms with Crippen molar-refractivity contribution in [1.82, 2.24) is 25.1 Å². The summed E-state index contributed by atoms with van der Waals surface area (Å²) in [6, 6.07) is 7.77. The summed E-state index contributed by atoms with van der Waals surface area (Å²) < 4.78 is 12.9. The van der Waals surface area contributed by atoms with Gasteiger partial charge in [-0.1, -0.05) is 19.1 Å². The van der Waals surface area contributed by atoms with Crippen molar-refractivity contribution in [1.29, 1.82) is 0 Å². The minimum Gasteiger partial charge on any atom is -0.351 e. The number of amides is 2. The van der Waals surface area contributed by atoms with E-state index < -0.39 is 0 Å². The third-order valence-corrected chi connectivity index (χ3v) is 5.04. The lowest BCUT2D eigenvalue weighted by Gasteiger charge is -2.35. The number of carbonyl (C=O) groups is 2. The van der Waals surface area contributed by atoms with Gasteiger partial charge in [-0.05, 0) is 30.3 Å². The van der Waals surface area contributed by atoms with E-state index in [0.717, 1.165) is 5.56 Å². The van der Waals surface area contributed by atoms with Crippen molar-refractivity contribution in [2.45, 2.75) is 13.5 Å². The highest BCUT2D eigenvalue weighted by Crippen LogP contribution is 2.10. The first-order chi connectivity index (χ1) is 14.5. The molecule has 2 heterocycles. The average molecular weight is 414 g/mol. The van der Waals surface area contributed by atoms with Crippen molar-refractivity contribution in [3.05, 3.63) is 54.1 Å². The molecule has 0 bridgehead atoms. The zero-order chi connectivity index (χ0) is 21.3. The molecule has 2 amide bonds. The van der Waals surface area contributed by atoms with Gasteiger partial charge in [0.2, 0.25) is 17.8 Å². The molecule has 1 aromatic carbocycles. The number of likely N-dealkylation sites (N-methyl/N-ethyl adjacent to an activating group) is 1. The number of hydrogen-bond acceptors (Lipinski definition) is 6. The Hall–Kier alpha value is -3.07. The van der Waals surface area contributed by atoms with Crippen LogP contribution in [0.2, 0.25) is 0 Å². The monoisotopic (exact) mass is 414 g/mol. The second-order valence-electron chi connectivity index (χ2n) is 7.12. The Morgan fingerprint density at radius 3 is 2.37 bits per heavy atom. The molecular weight excluding hydrogens is 387 g/mol. The Balaban J connectivity index is 1.42. The number of benzene rings is 1. The van der Waals surface area contributed by atoms with Gasteiger partial charge >= 0.3 is 0 Å². The first-order valence-corrected chi connectivity index (χ1v) is 10.1. The van der Waals surface area contributed by atoms with E-state index in [1.54, 1.807) is 30.6 Å². The molecule has 0 spiro atoms. The first-order valence-electron chi connectivity index (χ1n) is 10.1. The number of nitrogens with one attached hydrogen (secondary N) is 1. The molecule has 0 saturated carbocycles. The van der Waals surface area contributed by atoms with Gasteiger partial charge in [0.15, 0.2) is 0 Å². The van der Waals surface area contributed by atoms with E-state index in [1.165, 1.54) is 12.1 Å². The predicted octanol–water partition coefficient (Wildman–Crippen LogP) is 0.903. The van der Waals surface area contributed by atoms with Crippen LogP contribution >= 0.6 is 0 Å². The van der Waals surface area contributed by atoms with Crippen LogP contribution in [0.15, 0.2) is 42.7 Å². The molecule has 2 aromatic rings. The Morgan fingerprint density at radius 2 is 1.73 bits per heavy atom. The number of anilines is 1. The highest BCUT2D eigenvalue weighted by molar-refractivity contribution is 5.81. The SMILES string of the molecule is CCN(CC(=O)NCc1ccc(F)cc1)CC(=O)N1CCN(c2ncccn2)CC1. The summed E-state index contributed by atoms with van der Waals surface area (Å²) in [6.45, 7) is 5.74. The fourth-order valence-electron chi connectivity index (χ4n) is 3.24. The van der Waals surface area contributed by atoms with Crippen LogP contribution in [0, 0.1) is 5.82 Å². The summed E-state index contributed by atoms with van der Waals surface area (Å²) in [5, 5.41) is 2.81. The molecule has 1 aliphatic rings. The van der Waals surface area contributed by atoms with Crippen LogP contribution < -0.4 is 10.2 Å². The largest absolute Gasteiger partial charge is 0.351 e. The number of aromatic nitrogens is 2. The van der Waals surface area contributed by atoms with Crippen molar-refractivity contribution < 1.29 is 14.0 Å². The third-order valence-electron chi connectivity index (χ3n) is 5.04. The van der Waals surface area contributed by atoms with Gasteiger partial charge in [0.05, 0.1) is 13.1 Å². The molecule has 160 valence electrons. The molecule has 30 heavy (non-hydrogen) atoms. The predicted molar refractivity (Wildman–Crippen MR) is 111 cm³/mol. The van der Waals surface area contributed by atoms with Gasteiger partial charge < -0.3 is 15.1 Å². The molecule has 1 saturated heterocycles. The van der Waals surface area contributed by atoms with Crippen molar-refractivity contribution in [3.63, 3.8) is 0 Å². The molecular formula is C21H27FN6O2. The van der Waals surface area contributed by atoms with E-state index >= 15 is 0 Å². The summed E-state index contributed by atoms with van der Waals surface area (Å²) in [4.78, 5) is 39.1. The van der Waals surface area contributed by atoms with Crippen molar-refractivity contribution in [3.8, 4) is 0 Å². The fraction of sp³-hybridized carbons (Fsp3) is 0.429. The fourth-order valence-corrected chi connectivity index (χ4v) is 3.24. The maximum Gasteiger partial charge on any atom is 0.236 e. The van der Waals surface area contributed by atoms with Crippen LogP contribution in [0.5, 0.6) is 0 Å².